The Morgan fingerprint density at radius 2 is 1.90 bits per heavy atom. The number of nitro benzene ring substituents is 1. The second-order valence-electron chi connectivity index (χ2n) is 3.89. The van der Waals surface area contributed by atoms with E-state index in [1.54, 1.807) is 24.3 Å². The van der Waals surface area contributed by atoms with Crippen LogP contribution in [0.4, 0.5) is 11.4 Å². The highest BCUT2D eigenvalue weighted by atomic mass is 35.5. The highest BCUT2D eigenvalue weighted by molar-refractivity contribution is 6.33. The van der Waals surface area contributed by atoms with Gasteiger partial charge in [-0.1, -0.05) is 29.3 Å². The Hall–Kier alpha value is -2.11. The molecule has 0 fully saturated rings. The molecule has 0 radical (unpaired) electrons. The Labute approximate surface area is 124 Å². The molecule has 2 aromatic rings. The number of anilines is 1. The molecule has 0 saturated carbocycles. The minimum Gasteiger partial charge on any atom is -0.322 e. The molecular formula is C13H8Cl2N2O3. The first-order chi connectivity index (χ1) is 9.47. The van der Waals surface area contributed by atoms with Gasteiger partial charge in [-0.25, -0.2) is 0 Å². The molecule has 0 aliphatic rings. The van der Waals surface area contributed by atoms with Crippen LogP contribution in [0.5, 0.6) is 0 Å². The number of nitrogens with zero attached hydrogens (tertiary/aromatic N) is 1. The second kappa shape index (κ2) is 5.90. The van der Waals surface area contributed by atoms with E-state index in [1.165, 1.54) is 18.2 Å². The minimum atomic E-state index is -0.610. The topological polar surface area (TPSA) is 72.2 Å². The maximum atomic E-state index is 12.0. The third kappa shape index (κ3) is 3.26. The van der Waals surface area contributed by atoms with E-state index in [9.17, 15) is 14.9 Å². The van der Waals surface area contributed by atoms with Crippen molar-refractivity contribution in [1.82, 2.24) is 0 Å². The number of carbonyl (C=O) groups is 1. The molecule has 0 aromatic heterocycles. The largest absolute Gasteiger partial charge is 0.322 e. The van der Waals surface area contributed by atoms with Gasteiger partial charge in [0.1, 0.15) is 5.02 Å². The molecule has 0 aliphatic carbocycles. The summed E-state index contributed by atoms with van der Waals surface area (Å²) in [5, 5.41) is 13.7. The Balaban J connectivity index is 2.22. The number of halogens is 2. The van der Waals surface area contributed by atoms with Gasteiger partial charge in [-0.2, -0.15) is 0 Å². The number of carbonyl (C=O) groups excluding carboxylic acids is 1. The average molecular weight is 311 g/mol. The number of rotatable bonds is 3. The molecule has 0 spiro atoms. The fourth-order valence-electron chi connectivity index (χ4n) is 1.57. The normalized spacial score (nSPS) is 10.1. The van der Waals surface area contributed by atoms with Crippen molar-refractivity contribution in [2.45, 2.75) is 0 Å². The molecular weight excluding hydrogens is 303 g/mol. The number of hydrogen-bond donors (Lipinski definition) is 1. The van der Waals surface area contributed by atoms with Crippen molar-refractivity contribution in [3.05, 3.63) is 68.2 Å². The predicted molar refractivity (Wildman–Crippen MR) is 77.5 cm³/mol. The zero-order valence-corrected chi connectivity index (χ0v) is 11.5. The van der Waals surface area contributed by atoms with Crippen LogP contribution in [0.3, 0.4) is 0 Å². The first-order valence-electron chi connectivity index (χ1n) is 5.48. The molecule has 0 saturated heterocycles. The second-order valence-corrected chi connectivity index (χ2v) is 4.73. The lowest BCUT2D eigenvalue weighted by Crippen LogP contribution is -2.11. The van der Waals surface area contributed by atoms with Crippen LogP contribution in [0.25, 0.3) is 0 Å². The number of benzene rings is 2. The average Bonchev–Trinajstić information content (AvgIpc) is 2.38. The van der Waals surface area contributed by atoms with Crippen molar-refractivity contribution < 1.29 is 9.72 Å². The molecule has 0 bridgehead atoms. The van der Waals surface area contributed by atoms with Gasteiger partial charge in [0.05, 0.1) is 4.92 Å². The summed E-state index contributed by atoms with van der Waals surface area (Å²) in [7, 11) is 0. The summed E-state index contributed by atoms with van der Waals surface area (Å²) in [6.07, 6.45) is 0. The molecule has 0 atom stereocenters. The van der Waals surface area contributed by atoms with E-state index in [4.69, 9.17) is 23.2 Å². The van der Waals surface area contributed by atoms with Gasteiger partial charge >= 0.3 is 0 Å². The van der Waals surface area contributed by atoms with Crippen molar-refractivity contribution in [3.63, 3.8) is 0 Å². The Morgan fingerprint density at radius 3 is 2.50 bits per heavy atom. The molecule has 1 N–H and O–H groups in total. The first kappa shape index (κ1) is 14.3. The third-order valence-electron chi connectivity index (χ3n) is 2.49. The van der Waals surface area contributed by atoms with Crippen LogP contribution in [0.15, 0.2) is 42.5 Å². The lowest BCUT2D eigenvalue weighted by atomic mass is 10.2. The van der Waals surface area contributed by atoms with Gasteiger partial charge in [-0.05, 0) is 30.3 Å². The van der Waals surface area contributed by atoms with Crippen LogP contribution < -0.4 is 5.32 Å². The van der Waals surface area contributed by atoms with E-state index in [2.05, 4.69) is 5.32 Å². The number of nitro groups is 1. The molecule has 2 aromatic carbocycles. The van der Waals surface area contributed by atoms with Crippen molar-refractivity contribution >= 4 is 40.5 Å². The zero-order valence-electron chi connectivity index (χ0n) is 9.97. The van der Waals surface area contributed by atoms with Gasteiger partial charge in [0.25, 0.3) is 11.6 Å². The quantitative estimate of drug-likeness (QED) is 0.683. The van der Waals surface area contributed by atoms with Crippen molar-refractivity contribution in [3.8, 4) is 0 Å². The maximum absolute atomic E-state index is 12.0. The van der Waals surface area contributed by atoms with Crippen LogP contribution in [0.2, 0.25) is 10.0 Å². The highest BCUT2D eigenvalue weighted by Crippen LogP contribution is 2.25. The van der Waals surface area contributed by atoms with E-state index < -0.39 is 10.8 Å². The van der Waals surface area contributed by atoms with Crippen molar-refractivity contribution in [2.75, 3.05) is 5.32 Å². The molecule has 2 rings (SSSR count). The van der Waals surface area contributed by atoms with E-state index in [0.717, 1.165) is 0 Å². The number of nitrogens with one attached hydrogen (secondary N) is 1. The van der Waals surface area contributed by atoms with Crippen LogP contribution in [-0.2, 0) is 0 Å². The number of hydrogen-bond acceptors (Lipinski definition) is 3. The zero-order chi connectivity index (χ0) is 14.7. The summed E-state index contributed by atoms with van der Waals surface area (Å²) in [6.45, 7) is 0. The van der Waals surface area contributed by atoms with E-state index >= 15 is 0 Å². The Morgan fingerprint density at radius 1 is 1.15 bits per heavy atom. The molecule has 102 valence electrons. The molecule has 0 heterocycles. The van der Waals surface area contributed by atoms with E-state index in [1.807, 2.05) is 0 Å². The standard InChI is InChI=1S/C13H8Cl2N2O3/c14-9-2-1-3-10(7-9)16-13(18)8-4-5-12(17(19)20)11(15)6-8/h1-7H,(H,16,18). The SMILES string of the molecule is O=C(Nc1cccc(Cl)c1)c1ccc([N+](=O)[O-])c(Cl)c1. The monoisotopic (exact) mass is 310 g/mol. The smallest absolute Gasteiger partial charge is 0.287 e. The molecule has 7 heteroatoms. The van der Waals surface area contributed by atoms with Gasteiger partial charge in [0.15, 0.2) is 0 Å². The van der Waals surface area contributed by atoms with Gasteiger partial charge < -0.3 is 5.32 Å². The molecule has 0 unspecified atom stereocenters. The summed E-state index contributed by atoms with van der Waals surface area (Å²) in [5.74, 6) is -0.427. The van der Waals surface area contributed by atoms with Crippen LogP contribution in [0.1, 0.15) is 10.4 Å². The Kier molecular flexibility index (Phi) is 4.22. The van der Waals surface area contributed by atoms with Crippen molar-refractivity contribution in [2.24, 2.45) is 0 Å². The van der Waals surface area contributed by atoms with Crippen LogP contribution in [-0.4, -0.2) is 10.8 Å². The lowest BCUT2D eigenvalue weighted by Gasteiger charge is -2.06. The van der Waals surface area contributed by atoms with E-state index in [0.29, 0.717) is 10.7 Å². The fourth-order valence-corrected chi connectivity index (χ4v) is 2.01. The summed E-state index contributed by atoms with van der Waals surface area (Å²) in [5.41, 5.74) is 0.503. The number of amides is 1. The molecule has 0 aliphatic heterocycles. The van der Waals surface area contributed by atoms with Gasteiger partial charge in [0, 0.05) is 22.3 Å². The van der Waals surface area contributed by atoms with E-state index in [-0.39, 0.29) is 16.3 Å². The summed E-state index contributed by atoms with van der Waals surface area (Å²) in [4.78, 5) is 22.0. The summed E-state index contributed by atoms with van der Waals surface area (Å²) in [6, 6.07) is 10.4. The van der Waals surface area contributed by atoms with Gasteiger partial charge in [-0.3, -0.25) is 14.9 Å². The van der Waals surface area contributed by atoms with Crippen LogP contribution in [0, 0.1) is 10.1 Å². The molecule has 20 heavy (non-hydrogen) atoms. The van der Waals surface area contributed by atoms with Gasteiger partial charge in [-0.15, -0.1) is 0 Å². The molecule has 5 nitrogen and oxygen atoms in total. The fraction of sp³-hybridized carbons (Fsp3) is 0. The maximum Gasteiger partial charge on any atom is 0.287 e. The van der Waals surface area contributed by atoms with Crippen LogP contribution >= 0.6 is 23.2 Å². The summed E-state index contributed by atoms with van der Waals surface area (Å²) < 4.78 is 0. The lowest BCUT2D eigenvalue weighted by molar-refractivity contribution is -0.384. The predicted octanol–water partition coefficient (Wildman–Crippen LogP) is 4.15. The highest BCUT2D eigenvalue weighted by Gasteiger charge is 2.15. The minimum absolute atomic E-state index is 0.0891. The summed E-state index contributed by atoms with van der Waals surface area (Å²) >= 11 is 11.6. The first-order valence-corrected chi connectivity index (χ1v) is 6.24. The Bertz CT molecular complexity index is 689. The molecule has 1 amide bonds. The third-order valence-corrected chi connectivity index (χ3v) is 3.03. The van der Waals surface area contributed by atoms with Gasteiger partial charge in [0.2, 0.25) is 0 Å². The van der Waals surface area contributed by atoms with Crippen molar-refractivity contribution in [1.29, 1.82) is 0 Å².